The maximum Gasteiger partial charge on any atom is 0.143 e. The summed E-state index contributed by atoms with van der Waals surface area (Å²) in [5.41, 5.74) is 3.46. The molecule has 3 aromatic rings. The first-order chi connectivity index (χ1) is 16.5. The van der Waals surface area contributed by atoms with Gasteiger partial charge in [-0.3, -0.25) is 4.90 Å². The Bertz CT molecular complexity index is 1080. The van der Waals surface area contributed by atoms with Gasteiger partial charge in [0.1, 0.15) is 11.5 Å². The maximum absolute atomic E-state index is 10.3. The topological polar surface area (TPSA) is 35.9 Å². The van der Waals surface area contributed by atoms with Crippen molar-refractivity contribution in [1.29, 1.82) is 0 Å². The summed E-state index contributed by atoms with van der Waals surface area (Å²) >= 11 is 6.22. The van der Waals surface area contributed by atoms with Crippen molar-refractivity contribution >= 4 is 17.3 Å². The molecule has 1 saturated carbocycles. The van der Waals surface area contributed by atoms with E-state index in [0.717, 1.165) is 50.2 Å². The maximum atomic E-state index is 10.3. The average molecular weight is 479 g/mol. The fourth-order valence-corrected chi connectivity index (χ4v) is 5.76. The smallest absolute Gasteiger partial charge is 0.143 e. The molecule has 0 heterocycles. The molecule has 4 nitrogen and oxygen atoms in total. The van der Waals surface area contributed by atoms with E-state index in [1.165, 1.54) is 11.1 Å². The van der Waals surface area contributed by atoms with Gasteiger partial charge in [0.05, 0.1) is 12.8 Å². The van der Waals surface area contributed by atoms with Crippen molar-refractivity contribution in [3.8, 4) is 11.5 Å². The lowest BCUT2D eigenvalue weighted by Crippen LogP contribution is -2.50. The first-order valence-corrected chi connectivity index (χ1v) is 12.5. The third-order valence-corrected chi connectivity index (χ3v) is 7.63. The number of hydrogen-bond donors (Lipinski definition) is 1. The number of benzene rings is 3. The Morgan fingerprint density at radius 3 is 2.38 bits per heavy atom. The number of aromatic hydroxyl groups is 1. The van der Waals surface area contributed by atoms with Gasteiger partial charge in [-0.05, 0) is 75.0 Å². The summed E-state index contributed by atoms with van der Waals surface area (Å²) in [5.74, 6) is 1.15. The van der Waals surface area contributed by atoms with E-state index in [1.54, 1.807) is 13.2 Å². The molecule has 1 fully saturated rings. The van der Waals surface area contributed by atoms with Gasteiger partial charge in [-0.2, -0.15) is 0 Å². The van der Waals surface area contributed by atoms with Crippen molar-refractivity contribution in [3.63, 3.8) is 0 Å². The zero-order chi connectivity index (χ0) is 24.1. The molecule has 0 atom stereocenters. The minimum atomic E-state index is -0.130. The van der Waals surface area contributed by atoms with E-state index in [1.807, 2.05) is 24.3 Å². The average Bonchev–Trinajstić information content (AvgIpc) is 2.86. The van der Waals surface area contributed by atoms with Crippen LogP contribution in [0.5, 0.6) is 11.5 Å². The monoisotopic (exact) mass is 478 g/mol. The molecule has 0 spiro atoms. The van der Waals surface area contributed by atoms with E-state index in [0.29, 0.717) is 16.8 Å². The Labute approximate surface area is 208 Å². The van der Waals surface area contributed by atoms with Gasteiger partial charge in [0.15, 0.2) is 0 Å². The molecule has 0 radical (unpaired) electrons. The van der Waals surface area contributed by atoms with Gasteiger partial charge >= 0.3 is 0 Å². The lowest BCUT2D eigenvalue weighted by atomic mass is 9.73. The third-order valence-electron chi connectivity index (χ3n) is 7.39. The number of rotatable bonds is 8. The normalized spacial score (nSPS) is 20.3. The molecule has 3 aromatic carbocycles. The minimum Gasteiger partial charge on any atom is -0.508 e. The van der Waals surface area contributed by atoms with Crippen LogP contribution in [0.1, 0.15) is 43.7 Å². The van der Waals surface area contributed by atoms with Crippen LogP contribution in [0.4, 0.5) is 5.69 Å². The molecule has 0 unspecified atom stereocenters. The van der Waals surface area contributed by atoms with Gasteiger partial charge in [0, 0.05) is 35.8 Å². The Hall–Kier alpha value is -2.69. The molecule has 0 aliphatic heterocycles. The summed E-state index contributed by atoms with van der Waals surface area (Å²) in [4.78, 5) is 4.94. The van der Waals surface area contributed by atoms with Gasteiger partial charge in [-0.1, -0.05) is 54.1 Å². The summed E-state index contributed by atoms with van der Waals surface area (Å²) in [7, 11) is 3.92. The summed E-state index contributed by atoms with van der Waals surface area (Å²) in [6, 6.07) is 24.8. The summed E-state index contributed by atoms with van der Waals surface area (Å²) in [5, 5.41) is 11.0. The van der Waals surface area contributed by atoms with Gasteiger partial charge in [0.25, 0.3) is 0 Å². The van der Waals surface area contributed by atoms with Gasteiger partial charge < -0.3 is 14.7 Å². The van der Waals surface area contributed by atoms with E-state index in [9.17, 15) is 5.11 Å². The Morgan fingerprint density at radius 1 is 1.00 bits per heavy atom. The molecule has 1 N–H and O–H groups in total. The Kier molecular flexibility index (Phi) is 7.70. The van der Waals surface area contributed by atoms with E-state index < -0.39 is 0 Å². The SMILES string of the molecule is CCN(c1ccc(Cl)cc1OC)C1CCC(c2cccc(O)c2)(N(C)Cc2ccccc2)CC1. The molecule has 180 valence electrons. The molecule has 0 aromatic heterocycles. The predicted octanol–water partition coefficient (Wildman–Crippen LogP) is 6.85. The van der Waals surface area contributed by atoms with Gasteiger partial charge in [-0.15, -0.1) is 0 Å². The number of halogens is 1. The first-order valence-electron chi connectivity index (χ1n) is 12.1. The fourth-order valence-electron chi connectivity index (χ4n) is 5.60. The molecule has 0 saturated heterocycles. The summed E-state index contributed by atoms with van der Waals surface area (Å²) < 4.78 is 5.67. The number of hydrogen-bond acceptors (Lipinski definition) is 4. The van der Waals surface area contributed by atoms with Crippen LogP contribution >= 0.6 is 11.6 Å². The lowest BCUT2D eigenvalue weighted by molar-refractivity contribution is 0.0587. The third kappa shape index (κ3) is 5.03. The zero-order valence-corrected chi connectivity index (χ0v) is 21.1. The quantitative estimate of drug-likeness (QED) is 0.384. The highest BCUT2D eigenvalue weighted by molar-refractivity contribution is 6.30. The fraction of sp³-hybridized carbons (Fsp3) is 0.379. The second kappa shape index (κ2) is 10.7. The summed E-state index contributed by atoms with van der Waals surface area (Å²) in [6.45, 7) is 3.97. The Balaban J connectivity index is 1.61. The number of nitrogens with zero attached hydrogens (tertiary/aromatic N) is 2. The van der Waals surface area contributed by atoms with E-state index >= 15 is 0 Å². The number of ether oxygens (including phenoxy) is 1. The second-order valence-corrected chi connectivity index (χ2v) is 9.69. The molecule has 1 aliphatic rings. The van der Waals surface area contributed by atoms with E-state index in [4.69, 9.17) is 16.3 Å². The van der Waals surface area contributed by atoms with E-state index in [-0.39, 0.29) is 5.54 Å². The molecule has 0 amide bonds. The van der Waals surface area contributed by atoms with Crippen molar-refractivity contribution in [2.75, 3.05) is 25.6 Å². The molecule has 34 heavy (non-hydrogen) atoms. The first kappa shape index (κ1) is 24.4. The van der Waals surface area contributed by atoms with Crippen LogP contribution in [0.15, 0.2) is 72.8 Å². The molecule has 5 heteroatoms. The van der Waals surface area contributed by atoms with Crippen molar-refractivity contribution in [3.05, 3.63) is 88.9 Å². The van der Waals surface area contributed by atoms with Crippen molar-refractivity contribution in [1.82, 2.24) is 4.90 Å². The number of phenols is 1. The number of phenolic OH excluding ortho intramolecular Hbond substituents is 1. The van der Waals surface area contributed by atoms with Gasteiger partial charge in [0.2, 0.25) is 0 Å². The Morgan fingerprint density at radius 2 is 1.74 bits per heavy atom. The van der Waals surface area contributed by atoms with Crippen LogP contribution in [-0.4, -0.2) is 36.8 Å². The number of methoxy groups -OCH3 is 1. The molecule has 4 rings (SSSR count). The van der Waals surface area contributed by atoms with Crippen LogP contribution < -0.4 is 9.64 Å². The molecular weight excluding hydrogens is 444 g/mol. The van der Waals surface area contributed by atoms with E-state index in [2.05, 4.69) is 66.2 Å². The minimum absolute atomic E-state index is 0.130. The lowest BCUT2D eigenvalue weighted by Gasteiger charge is -2.49. The zero-order valence-electron chi connectivity index (χ0n) is 20.4. The van der Waals surface area contributed by atoms with Crippen molar-refractivity contribution in [2.45, 2.75) is 50.7 Å². The molecule has 1 aliphatic carbocycles. The predicted molar refractivity (Wildman–Crippen MR) is 141 cm³/mol. The van der Waals surface area contributed by atoms with Crippen LogP contribution in [0.3, 0.4) is 0 Å². The highest BCUT2D eigenvalue weighted by atomic mass is 35.5. The second-order valence-electron chi connectivity index (χ2n) is 9.26. The highest BCUT2D eigenvalue weighted by Gasteiger charge is 2.41. The highest BCUT2D eigenvalue weighted by Crippen LogP contribution is 2.45. The van der Waals surface area contributed by atoms with Crippen molar-refractivity contribution < 1.29 is 9.84 Å². The number of anilines is 1. The van der Waals surface area contributed by atoms with Crippen LogP contribution in [-0.2, 0) is 12.1 Å². The standard InChI is InChI=1S/C29H35ClN2O2/c1-4-32(27-14-13-24(30)20-28(27)34-3)25-15-17-29(18-16-25,23-11-8-12-26(33)19-23)31(2)21-22-9-6-5-7-10-22/h5-14,19-20,25,33H,4,15-18,21H2,1-3H3. The van der Waals surface area contributed by atoms with Crippen LogP contribution in [0, 0.1) is 0 Å². The van der Waals surface area contributed by atoms with Crippen LogP contribution in [0.25, 0.3) is 0 Å². The van der Waals surface area contributed by atoms with Crippen LogP contribution in [0.2, 0.25) is 5.02 Å². The largest absolute Gasteiger partial charge is 0.508 e. The molecular formula is C29H35ClN2O2. The molecule has 0 bridgehead atoms. The van der Waals surface area contributed by atoms with Crippen molar-refractivity contribution in [2.24, 2.45) is 0 Å². The summed E-state index contributed by atoms with van der Waals surface area (Å²) in [6.07, 6.45) is 4.12. The van der Waals surface area contributed by atoms with Gasteiger partial charge in [-0.25, -0.2) is 0 Å².